The molecule has 7 heteroatoms. The number of nitrogens with zero attached hydrogens (tertiary/aromatic N) is 4. The first kappa shape index (κ1) is 16.9. The summed E-state index contributed by atoms with van der Waals surface area (Å²) in [6.45, 7) is 2.01. The van der Waals surface area contributed by atoms with Gasteiger partial charge in [-0.1, -0.05) is 12.1 Å². The lowest BCUT2D eigenvalue weighted by molar-refractivity contribution is 0.0968. The third-order valence-corrected chi connectivity index (χ3v) is 5.06. The van der Waals surface area contributed by atoms with E-state index in [9.17, 15) is 14.3 Å². The third kappa shape index (κ3) is 3.03. The number of fused-ring (bicyclic) bond motifs is 1. The lowest BCUT2D eigenvalue weighted by atomic mass is 9.92. The highest BCUT2D eigenvalue weighted by Crippen LogP contribution is 2.33. The van der Waals surface area contributed by atoms with Crippen molar-refractivity contribution in [3.63, 3.8) is 0 Å². The Morgan fingerprint density at radius 3 is 2.85 bits per heavy atom. The van der Waals surface area contributed by atoms with Crippen molar-refractivity contribution in [2.24, 2.45) is 5.92 Å². The maximum Gasteiger partial charge on any atom is 0.278 e. The number of hydrogen-bond donors (Lipinski definition) is 1. The highest BCUT2D eigenvalue weighted by Gasteiger charge is 2.32. The average Bonchev–Trinajstić information content (AvgIpc) is 3.21. The number of aliphatic hydroxyl groups is 1. The van der Waals surface area contributed by atoms with Crippen LogP contribution in [0.25, 0.3) is 0 Å². The summed E-state index contributed by atoms with van der Waals surface area (Å²) < 4.78 is 14.5. The van der Waals surface area contributed by atoms with Crippen LogP contribution in [0.1, 0.15) is 28.9 Å². The first-order chi connectivity index (χ1) is 12.7. The van der Waals surface area contributed by atoms with Crippen molar-refractivity contribution in [1.29, 1.82) is 0 Å². The van der Waals surface area contributed by atoms with E-state index in [0.29, 0.717) is 12.2 Å². The summed E-state index contributed by atoms with van der Waals surface area (Å²) in [5.74, 6) is -0.264. The molecule has 0 spiro atoms. The van der Waals surface area contributed by atoms with Gasteiger partial charge < -0.3 is 14.9 Å². The zero-order valence-corrected chi connectivity index (χ0v) is 14.4. The SMILES string of the molecule is O=C(c1cncc(N2CCCC2)n1)N1CC(CO)Cc2cccc(F)c21. The molecule has 2 aliphatic rings. The minimum atomic E-state index is -0.434. The molecule has 6 nitrogen and oxygen atoms in total. The maximum absolute atomic E-state index is 14.5. The Balaban J connectivity index is 1.69. The molecule has 2 aliphatic heterocycles. The van der Waals surface area contributed by atoms with Gasteiger partial charge in [-0.3, -0.25) is 9.78 Å². The Kier molecular flexibility index (Phi) is 4.55. The van der Waals surface area contributed by atoms with Gasteiger partial charge >= 0.3 is 0 Å². The zero-order chi connectivity index (χ0) is 18.1. The minimum Gasteiger partial charge on any atom is -0.396 e. The van der Waals surface area contributed by atoms with Gasteiger partial charge in [0.15, 0.2) is 0 Å². The highest BCUT2D eigenvalue weighted by molar-refractivity contribution is 6.05. The molecule has 0 saturated carbocycles. The predicted octanol–water partition coefficient (Wildman–Crippen LogP) is 2.03. The molecule has 1 aromatic carbocycles. The van der Waals surface area contributed by atoms with Gasteiger partial charge in [-0.2, -0.15) is 0 Å². The van der Waals surface area contributed by atoms with Crippen molar-refractivity contribution in [2.75, 3.05) is 36.0 Å². The fourth-order valence-corrected chi connectivity index (χ4v) is 3.75. The summed E-state index contributed by atoms with van der Waals surface area (Å²) in [6.07, 6.45) is 5.83. The first-order valence-electron chi connectivity index (χ1n) is 8.94. The van der Waals surface area contributed by atoms with Crippen molar-refractivity contribution in [3.8, 4) is 0 Å². The van der Waals surface area contributed by atoms with E-state index in [1.807, 2.05) is 0 Å². The monoisotopic (exact) mass is 356 g/mol. The molecule has 1 unspecified atom stereocenters. The van der Waals surface area contributed by atoms with Crippen LogP contribution in [0.2, 0.25) is 0 Å². The number of para-hydroxylation sites is 1. The number of carbonyl (C=O) groups is 1. The van der Waals surface area contributed by atoms with E-state index in [1.165, 1.54) is 17.2 Å². The van der Waals surface area contributed by atoms with Crippen LogP contribution < -0.4 is 9.80 Å². The molecule has 136 valence electrons. The van der Waals surface area contributed by atoms with Crippen molar-refractivity contribution >= 4 is 17.4 Å². The molecule has 3 heterocycles. The van der Waals surface area contributed by atoms with Gasteiger partial charge in [0, 0.05) is 32.2 Å². The zero-order valence-electron chi connectivity index (χ0n) is 14.4. The summed E-state index contributed by atoms with van der Waals surface area (Å²) in [5.41, 5.74) is 1.21. The topological polar surface area (TPSA) is 69.6 Å². The number of hydrogen-bond acceptors (Lipinski definition) is 5. The van der Waals surface area contributed by atoms with Crippen molar-refractivity contribution in [2.45, 2.75) is 19.3 Å². The normalized spacial score (nSPS) is 19.5. The molecular formula is C19H21FN4O2. The van der Waals surface area contributed by atoms with Crippen LogP contribution in [0.5, 0.6) is 0 Å². The van der Waals surface area contributed by atoms with Gasteiger partial charge in [-0.25, -0.2) is 9.37 Å². The van der Waals surface area contributed by atoms with Crippen LogP contribution in [0.3, 0.4) is 0 Å². The molecule has 2 aromatic rings. The molecule has 26 heavy (non-hydrogen) atoms. The molecule has 0 aliphatic carbocycles. The van der Waals surface area contributed by atoms with Crippen LogP contribution in [0.4, 0.5) is 15.9 Å². The molecule has 1 amide bonds. The molecular weight excluding hydrogens is 335 g/mol. The Morgan fingerprint density at radius 2 is 2.08 bits per heavy atom. The van der Waals surface area contributed by atoms with Gasteiger partial charge in [0.25, 0.3) is 5.91 Å². The van der Waals surface area contributed by atoms with E-state index in [0.717, 1.165) is 31.5 Å². The van der Waals surface area contributed by atoms with E-state index in [1.54, 1.807) is 18.3 Å². The first-order valence-corrected chi connectivity index (χ1v) is 8.94. The van der Waals surface area contributed by atoms with E-state index in [4.69, 9.17) is 0 Å². The summed E-state index contributed by atoms with van der Waals surface area (Å²) in [7, 11) is 0. The van der Waals surface area contributed by atoms with Gasteiger partial charge in [-0.15, -0.1) is 0 Å². The van der Waals surface area contributed by atoms with Crippen LogP contribution in [-0.4, -0.2) is 47.2 Å². The van der Waals surface area contributed by atoms with Crippen molar-refractivity contribution < 1.29 is 14.3 Å². The second kappa shape index (κ2) is 6.99. The van der Waals surface area contributed by atoms with E-state index in [2.05, 4.69) is 14.9 Å². The molecule has 1 aromatic heterocycles. The molecule has 4 rings (SSSR count). The fourth-order valence-electron chi connectivity index (χ4n) is 3.75. The largest absolute Gasteiger partial charge is 0.396 e. The minimum absolute atomic E-state index is 0.0563. The van der Waals surface area contributed by atoms with Crippen molar-refractivity contribution in [3.05, 3.63) is 47.7 Å². The second-order valence-corrected chi connectivity index (χ2v) is 6.87. The third-order valence-electron chi connectivity index (χ3n) is 5.06. The summed E-state index contributed by atoms with van der Waals surface area (Å²) in [4.78, 5) is 25.2. The lowest BCUT2D eigenvalue weighted by Crippen LogP contribution is -2.42. The van der Waals surface area contributed by atoms with Gasteiger partial charge in [-0.05, 0) is 30.9 Å². The van der Waals surface area contributed by atoms with Crippen molar-refractivity contribution in [1.82, 2.24) is 9.97 Å². The quantitative estimate of drug-likeness (QED) is 0.911. The molecule has 1 fully saturated rings. The van der Waals surface area contributed by atoms with Gasteiger partial charge in [0.1, 0.15) is 17.3 Å². The summed E-state index contributed by atoms with van der Waals surface area (Å²) >= 11 is 0. The molecule has 0 radical (unpaired) electrons. The molecule has 1 N–H and O–H groups in total. The smallest absolute Gasteiger partial charge is 0.278 e. The summed E-state index contributed by atoms with van der Waals surface area (Å²) in [6, 6.07) is 4.78. The molecule has 0 bridgehead atoms. The number of rotatable bonds is 3. The number of aromatic nitrogens is 2. The van der Waals surface area contributed by atoms with E-state index >= 15 is 0 Å². The van der Waals surface area contributed by atoms with Crippen LogP contribution in [-0.2, 0) is 6.42 Å². The number of anilines is 2. The van der Waals surface area contributed by atoms with Gasteiger partial charge in [0.2, 0.25) is 0 Å². The second-order valence-electron chi connectivity index (χ2n) is 6.87. The predicted molar refractivity (Wildman–Crippen MR) is 95.8 cm³/mol. The highest BCUT2D eigenvalue weighted by atomic mass is 19.1. The average molecular weight is 356 g/mol. The molecule has 1 saturated heterocycles. The van der Waals surface area contributed by atoms with Crippen LogP contribution in [0.15, 0.2) is 30.6 Å². The number of benzene rings is 1. The Morgan fingerprint density at radius 1 is 1.27 bits per heavy atom. The lowest BCUT2D eigenvalue weighted by Gasteiger charge is -2.34. The molecule has 1 atom stereocenters. The van der Waals surface area contributed by atoms with Gasteiger partial charge in [0.05, 0.1) is 18.1 Å². The Hall–Kier alpha value is -2.54. The van der Waals surface area contributed by atoms with Crippen LogP contribution >= 0.6 is 0 Å². The number of amides is 1. The number of carbonyl (C=O) groups excluding carboxylic acids is 1. The number of halogens is 1. The Bertz CT molecular complexity index is 823. The summed E-state index contributed by atoms with van der Waals surface area (Å²) in [5, 5.41) is 9.58. The van der Waals surface area contributed by atoms with E-state index < -0.39 is 5.82 Å². The maximum atomic E-state index is 14.5. The fraction of sp³-hybridized carbons (Fsp3) is 0.421. The number of aliphatic hydroxyl groups excluding tert-OH is 1. The van der Waals surface area contributed by atoms with E-state index in [-0.39, 0.29) is 36.4 Å². The standard InChI is InChI=1S/C19H21FN4O2/c20-15-5-3-4-14-8-13(12-25)11-24(18(14)15)19(26)16-9-21-10-17(22-16)23-6-1-2-7-23/h3-5,9-10,13,25H,1-2,6-8,11-12H2. The Labute approximate surface area is 151 Å². The van der Waals surface area contributed by atoms with Crippen LogP contribution in [0, 0.1) is 11.7 Å².